The Morgan fingerprint density at radius 1 is 1.19 bits per heavy atom. The summed E-state index contributed by atoms with van der Waals surface area (Å²) in [6, 6.07) is 12.5. The van der Waals surface area contributed by atoms with Gasteiger partial charge in [0.1, 0.15) is 0 Å². The molecule has 0 bridgehead atoms. The van der Waals surface area contributed by atoms with E-state index in [1.807, 2.05) is 42.8 Å². The van der Waals surface area contributed by atoms with E-state index in [1.54, 1.807) is 6.20 Å². The van der Waals surface area contributed by atoms with Gasteiger partial charge in [-0.3, -0.25) is 4.79 Å². The predicted molar refractivity (Wildman–Crippen MR) is 104 cm³/mol. The SMILES string of the molecule is Cc1cc(C(=O)N[C@@H](C)CCc2ccccc2)c2cnn(C(C)C)c2n1. The first-order valence-electron chi connectivity index (χ1n) is 9.15. The first-order valence-corrected chi connectivity index (χ1v) is 9.15. The number of hydrogen-bond acceptors (Lipinski definition) is 3. The average molecular weight is 350 g/mol. The van der Waals surface area contributed by atoms with Crippen LogP contribution in [0.15, 0.2) is 42.6 Å². The van der Waals surface area contributed by atoms with Crippen LogP contribution in [-0.4, -0.2) is 26.7 Å². The van der Waals surface area contributed by atoms with E-state index >= 15 is 0 Å². The highest BCUT2D eigenvalue weighted by molar-refractivity contribution is 6.05. The van der Waals surface area contributed by atoms with Crippen LogP contribution in [0.5, 0.6) is 0 Å². The highest BCUT2D eigenvalue weighted by atomic mass is 16.1. The van der Waals surface area contributed by atoms with Crippen LogP contribution in [0.4, 0.5) is 0 Å². The fourth-order valence-electron chi connectivity index (χ4n) is 3.11. The zero-order valence-corrected chi connectivity index (χ0v) is 15.9. The minimum absolute atomic E-state index is 0.0654. The lowest BCUT2D eigenvalue weighted by molar-refractivity contribution is 0.0940. The van der Waals surface area contributed by atoms with E-state index in [-0.39, 0.29) is 18.0 Å². The van der Waals surface area contributed by atoms with Gasteiger partial charge >= 0.3 is 0 Å². The lowest BCUT2D eigenvalue weighted by atomic mass is 10.1. The molecule has 2 aromatic heterocycles. The molecule has 0 aliphatic carbocycles. The molecule has 0 radical (unpaired) electrons. The van der Waals surface area contributed by atoms with E-state index in [9.17, 15) is 4.79 Å². The molecule has 0 aliphatic heterocycles. The van der Waals surface area contributed by atoms with Crippen molar-refractivity contribution in [2.24, 2.45) is 0 Å². The van der Waals surface area contributed by atoms with Gasteiger partial charge in [0.15, 0.2) is 5.65 Å². The molecule has 1 aromatic carbocycles. The molecule has 1 N–H and O–H groups in total. The normalized spacial score (nSPS) is 12.5. The average Bonchev–Trinajstić information content (AvgIpc) is 3.04. The van der Waals surface area contributed by atoms with Crippen molar-refractivity contribution < 1.29 is 4.79 Å². The zero-order valence-electron chi connectivity index (χ0n) is 15.9. The maximum Gasteiger partial charge on any atom is 0.252 e. The molecule has 0 saturated heterocycles. The van der Waals surface area contributed by atoms with Gasteiger partial charge in [0.25, 0.3) is 5.91 Å². The molecule has 1 amide bonds. The first-order chi connectivity index (χ1) is 12.5. The molecule has 5 nitrogen and oxygen atoms in total. The van der Waals surface area contributed by atoms with E-state index < -0.39 is 0 Å². The summed E-state index contributed by atoms with van der Waals surface area (Å²) >= 11 is 0. The molecular formula is C21H26N4O. The van der Waals surface area contributed by atoms with E-state index in [0.29, 0.717) is 5.56 Å². The van der Waals surface area contributed by atoms with Gasteiger partial charge in [-0.2, -0.15) is 5.10 Å². The number of carbonyl (C=O) groups is 1. The van der Waals surface area contributed by atoms with Crippen molar-refractivity contribution in [2.75, 3.05) is 0 Å². The van der Waals surface area contributed by atoms with Gasteiger partial charge in [-0.1, -0.05) is 30.3 Å². The summed E-state index contributed by atoms with van der Waals surface area (Å²) in [5.41, 5.74) is 3.52. The smallest absolute Gasteiger partial charge is 0.252 e. The maximum absolute atomic E-state index is 12.8. The second-order valence-corrected chi connectivity index (χ2v) is 7.13. The van der Waals surface area contributed by atoms with Gasteiger partial charge in [0.05, 0.1) is 17.1 Å². The number of benzene rings is 1. The summed E-state index contributed by atoms with van der Waals surface area (Å²) in [6.45, 7) is 8.07. The van der Waals surface area contributed by atoms with Crippen LogP contribution in [0.25, 0.3) is 11.0 Å². The van der Waals surface area contributed by atoms with Gasteiger partial charge in [-0.25, -0.2) is 9.67 Å². The molecule has 0 saturated carbocycles. The molecule has 2 heterocycles. The lowest BCUT2D eigenvalue weighted by Crippen LogP contribution is -2.33. The van der Waals surface area contributed by atoms with E-state index in [1.165, 1.54) is 5.56 Å². The second kappa shape index (κ2) is 7.68. The van der Waals surface area contributed by atoms with Crippen molar-refractivity contribution in [1.82, 2.24) is 20.1 Å². The third-order valence-electron chi connectivity index (χ3n) is 4.51. The van der Waals surface area contributed by atoms with Crippen molar-refractivity contribution in [1.29, 1.82) is 0 Å². The zero-order chi connectivity index (χ0) is 18.7. The maximum atomic E-state index is 12.8. The largest absolute Gasteiger partial charge is 0.350 e. The second-order valence-electron chi connectivity index (χ2n) is 7.13. The lowest BCUT2D eigenvalue weighted by Gasteiger charge is -2.15. The number of aromatic nitrogens is 3. The monoisotopic (exact) mass is 350 g/mol. The standard InChI is InChI=1S/C21H26N4O/c1-14(2)25-20-19(13-22-25)18(12-16(4)23-20)21(26)24-15(3)10-11-17-8-6-5-7-9-17/h5-9,12-15H,10-11H2,1-4H3,(H,24,26)/t15-/m0/s1. The summed E-state index contributed by atoms with van der Waals surface area (Å²) in [6.07, 6.45) is 3.58. The van der Waals surface area contributed by atoms with Gasteiger partial charge in [-0.05, 0) is 52.2 Å². The van der Waals surface area contributed by atoms with Gasteiger partial charge < -0.3 is 5.32 Å². The molecule has 0 aliphatic rings. The van der Waals surface area contributed by atoms with Crippen molar-refractivity contribution in [3.8, 4) is 0 Å². The Balaban J connectivity index is 1.75. The number of carbonyl (C=O) groups excluding carboxylic acids is 1. The third kappa shape index (κ3) is 3.93. The number of fused-ring (bicyclic) bond motifs is 1. The van der Waals surface area contributed by atoms with Crippen molar-refractivity contribution in [2.45, 2.75) is 52.6 Å². The number of aryl methyl sites for hydroxylation is 2. The van der Waals surface area contributed by atoms with Crippen LogP contribution in [0.1, 0.15) is 54.8 Å². The summed E-state index contributed by atoms with van der Waals surface area (Å²) in [5.74, 6) is -0.0654. The topological polar surface area (TPSA) is 59.8 Å². The van der Waals surface area contributed by atoms with Crippen LogP contribution in [0, 0.1) is 6.92 Å². The van der Waals surface area contributed by atoms with Crippen molar-refractivity contribution in [3.05, 3.63) is 59.4 Å². The Labute approximate surface area is 154 Å². The Hall–Kier alpha value is -2.69. The van der Waals surface area contributed by atoms with E-state index in [0.717, 1.165) is 29.6 Å². The summed E-state index contributed by atoms with van der Waals surface area (Å²) in [5, 5.41) is 8.33. The first kappa shape index (κ1) is 18.1. The molecule has 3 rings (SSSR count). The third-order valence-corrected chi connectivity index (χ3v) is 4.51. The quantitative estimate of drug-likeness (QED) is 0.729. The van der Waals surface area contributed by atoms with Crippen molar-refractivity contribution in [3.63, 3.8) is 0 Å². The van der Waals surface area contributed by atoms with Crippen LogP contribution in [0.2, 0.25) is 0 Å². The molecule has 0 spiro atoms. The highest BCUT2D eigenvalue weighted by Crippen LogP contribution is 2.21. The van der Waals surface area contributed by atoms with E-state index in [2.05, 4.69) is 41.4 Å². The molecular weight excluding hydrogens is 324 g/mol. The molecule has 0 fully saturated rings. The molecule has 26 heavy (non-hydrogen) atoms. The van der Waals surface area contributed by atoms with Gasteiger partial charge in [0, 0.05) is 17.8 Å². The molecule has 1 atom stereocenters. The molecule has 0 unspecified atom stereocenters. The number of hydrogen-bond donors (Lipinski definition) is 1. The Kier molecular flexibility index (Phi) is 5.35. The fourth-order valence-corrected chi connectivity index (χ4v) is 3.11. The van der Waals surface area contributed by atoms with Crippen molar-refractivity contribution >= 4 is 16.9 Å². The van der Waals surface area contributed by atoms with Crippen LogP contribution in [-0.2, 0) is 6.42 Å². The number of amides is 1. The fraction of sp³-hybridized carbons (Fsp3) is 0.381. The van der Waals surface area contributed by atoms with Crippen LogP contribution < -0.4 is 5.32 Å². The van der Waals surface area contributed by atoms with Gasteiger partial charge in [-0.15, -0.1) is 0 Å². The van der Waals surface area contributed by atoms with Crippen LogP contribution in [0.3, 0.4) is 0 Å². The Bertz CT molecular complexity index is 899. The number of nitrogens with zero attached hydrogens (tertiary/aromatic N) is 3. The van der Waals surface area contributed by atoms with Gasteiger partial charge in [0.2, 0.25) is 0 Å². The molecule has 5 heteroatoms. The Morgan fingerprint density at radius 2 is 1.92 bits per heavy atom. The minimum Gasteiger partial charge on any atom is -0.350 e. The minimum atomic E-state index is -0.0654. The number of pyridine rings is 1. The van der Waals surface area contributed by atoms with Crippen LogP contribution >= 0.6 is 0 Å². The molecule has 136 valence electrons. The Morgan fingerprint density at radius 3 is 2.62 bits per heavy atom. The summed E-state index contributed by atoms with van der Waals surface area (Å²) in [7, 11) is 0. The molecule has 3 aromatic rings. The van der Waals surface area contributed by atoms with E-state index in [4.69, 9.17) is 0 Å². The number of nitrogens with one attached hydrogen (secondary N) is 1. The highest BCUT2D eigenvalue weighted by Gasteiger charge is 2.18. The predicted octanol–water partition coefficient (Wildman–Crippen LogP) is 4.07. The number of rotatable bonds is 6. The summed E-state index contributed by atoms with van der Waals surface area (Å²) < 4.78 is 1.86. The summed E-state index contributed by atoms with van der Waals surface area (Å²) in [4.78, 5) is 17.4.